The van der Waals surface area contributed by atoms with E-state index in [1.165, 1.54) is 13.2 Å². The fraction of sp³-hybridized carbons (Fsp3) is 0.667. The molecule has 0 unspecified atom stereocenters. The van der Waals surface area contributed by atoms with Gasteiger partial charge >= 0.3 is 5.97 Å². The molecule has 4 nitrogen and oxygen atoms in total. The van der Waals surface area contributed by atoms with Crippen LogP contribution in [0.4, 0.5) is 0 Å². The van der Waals surface area contributed by atoms with E-state index < -0.39 is 11.5 Å². The number of esters is 1. The van der Waals surface area contributed by atoms with Gasteiger partial charge in [-0.1, -0.05) is 13.3 Å². The van der Waals surface area contributed by atoms with Crippen LogP contribution in [0.1, 0.15) is 33.6 Å². The second-order valence-corrected chi connectivity index (χ2v) is 4.45. The van der Waals surface area contributed by atoms with Crippen LogP contribution in [-0.4, -0.2) is 36.0 Å². The Balaban J connectivity index is 2.89. The number of rotatable bonds is 4. The third kappa shape index (κ3) is 2.10. The lowest BCUT2D eigenvalue weighted by molar-refractivity contribution is -0.137. The van der Waals surface area contributed by atoms with E-state index in [1.54, 1.807) is 4.90 Å². The molecule has 0 N–H and O–H groups in total. The molecule has 0 atom stereocenters. The van der Waals surface area contributed by atoms with Crippen molar-refractivity contribution >= 4 is 11.9 Å². The quantitative estimate of drug-likeness (QED) is 0.681. The van der Waals surface area contributed by atoms with E-state index in [9.17, 15) is 9.59 Å². The summed E-state index contributed by atoms with van der Waals surface area (Å²) in [6.07, 6.45) is 3.35. The predicted octanol–water partition coefficient (Wildman–Crippen LogP) is 1.51. The molecule has 0 fully saturated rings. The number of hydrogen-bond donors (Lipinski definition) is 0. The molecule has 0 aromatic rings. The van der Waals surface area contributed by atoms with Gasteiger partial charge in [-0.05, 0) is 20.3 Å². The molecule has 0 aliphatic carbocycles. The number of carbonyl (C=O) groups is 2. The number of methoxy groups -OCH3 is 1. The number of unbranched alkanes of at least 4 members (excludes halogenated alkanes) is 1. The highest BCUT2D eigenvalue weighted by Gasteiger charge is 2.42. The zero-order chi connectivity index (χ0) is 12.3. The summed E-state index contributed by atoms with van der Waals surface area (Å²) in [4.78, 5) is 25.0. The molecule has 1 amide bonds. The Hall–Kier alpha value is -1.32. The van der Waals surface area contributed by atoms with Gasteiger partial charge in [-0.15, -0.1) is 0 Å². The number of ether oxygens (including phenoxy) is 1. The first-order chi connectivity index (χ1) is 7.45. The molecule has 0 saturated carbocycles. The Morgan fingerprint density at radius 1 is 1.50 bits per heavy atom. The minimum atomic E-state index is -0.556. The van der Waals surface area contributed by atoms with Crippen LogP contribution in [0, 0.1) is 0 Å². The van der Waals surface area contributed by atoms with Crippen LogP contribution in [0.2, 0.25) is 0 Å². The van der Waals surface area contributed by atoms with Crippen molar-refractivity contribution in [2.75, 3.05) is 13.7 Å². The molecule has 1 heterocycles. The molecular weight excluding hydrogens is 206 g/mol. The topological polar surface area (TPSA) is 46.6 Å². The molecule has 0 radical (unpaired) electrons. The number of carbonyl (C=O) groups excluding carboxylic acids is 2. The Kier molecular flexibility index (Phi) is 3.73. The van der Waals surface area contributed by atoms with Gasteiger partial charge in [-0.25, -0.2) is 4.79 Å². The summed E-state index contributed by atoms with van der Waals surface area (Å²) < 4.78 is 4.68. The molecule has 0 aromatic carbocycles. The van der Waals surface area contributed by atoms with Gasteiger partial charge in [0.25, 0.3) is 0 Å². The number of nitrogens with zero attached hydrogens (tertiary/aromatic N) is 1. The summed E-state index contributed by atoms with van der Waals surface area (Å²) in [7, 11) is 1.33. The highest BCUT2D eigenvalue weighted by molar-refractivity contribution is 6.04. The van der Waals surface area contributed by atoms with E-state index in [2.05, 4.69) is 11.7 Å². The summed E-state index contributed by atoms with van der Waals surface area (Å²) in [5.74, 6) is -0.517. The minimum absolute atomic E-state index is 0.0983. The second kappa shape index (κ2) is 4.68. The molecule has 0 bridgehead atoms. The first-order valence-electron chi connectivity index (χ1n) is 5.57. The maximum absolute atomic E-state index is 11.8. The fourth-order valence-electron chi connectivity index (χ4n) is 1.92. The molecule has 1 rings (SSSR count). The molecule has 1 aliphatic rings. The largest absolute Gasteiger partial charge is 0.466 e. The van der Waals surface area contributed by atoms with Crippen LogP contribution < -0.4 is 0 Å². The van der Waals surface area contributed by atoms with Crippen LogP contribution in [0.3, 0.4) is 0 Å². The first kappa shape index (κ1) is 12.7. The normalized spacial score (nSPS) is 18.6. The summed E-state index contributed by atoms with van der Waals surface area (Å²) in [5, 5.41) is 0. The summed E-state index contributed by atoms with van der Waals surface area (Å²) in [6.45, 7) is 6.49. The zero-order valence-electron chi connectivity index (χ0n) is 10.4. The molecule has 0 spiro atoms. The molecule has 0 saturated heterocycles. The van der Waals surface area contributed by atoms with Crippen molar-refractivity contribution in [1.29, 1.82) is 0 Å². The molecular formula is C12H19NO3. The van der Waals surface area contributed by atoms with Crippen molar-refractivity contribution in [3.63, 3.8) is 0 Å². The zero-order valence-corrected chi connectivity index (χ0v) is 10.4. The maximum Gasteiger partial charge on any atom is 0.336 e. The molecule has 1 aliphatic heterocycles. The average molecular weight is 225 g/mol. The van der Waals surface area contributed by atoms with Crippen LogP contribution in [0.5, 0.6) is 0 Å². The predicted molar refractivity (Wildman–Crippen MR) is 60.8 cm³/mol. The monoisotopic (exact) mass is 225 g/mol. The van der Waals surface area contributed by atoms with Crippen LogP contribution >= 0.6 is 0 Å². The Morgan fingerprint density at radius 3 is 2.62 bits per heavy atom. The van der Waals surface area contributed by atoms with Gasteiger partial charge in [0, 0.05) is 12.6 Å². The maximum atomic E-state index is 11.8. The molecule has 16 heavy (non-hydrogen) atoms. The van der Waals surface area contributed by atoms with Gasteiger partial charge in [0.15, 0.2) is 0 Å². The highest BCUT2D eigenvalue weighted by atomic mass is 16.5. The van der Waals surface area contributed by atoms with Crippen molar-refractivity contribution in [3.8, 4) is 0 Å². The fourth-order valence-corrected chi connectivity index (χ4v) is 1.92. The SMILES string of the molecule is CCCCN1C(=O)C=C(C(=O)OC)C1(C)C. The van der Waals surface area contributed by atoms with E-state index >= 15 is 0 Å². The Bertz CT molecular complexity index is 331. The van der Waals surface area contributed by atoms with E-state index in [0.717, 1.165) is 12.8 Å². The molecule has 90 valence electrons. The van der Waals surface area contributed by atoms with Crippen molar-refractivity contribution < 1.29 is 14.3 Å². The van der Waals surface area contributed by atoms with Gasteiger partial charge in [0.05, 0.1) is 18.2 Å². The standard InChI is InChI=1S/C12H19NO3/c1-5-6-7-13-10(14)8-9(11(15)16-4)12(13,2)3/h8H,5-7H2,1-4H3. The number of hydrogen-bond acceptors (Lipinski definition) is 3. The Morgan fingerprint density at radius 2 is 2.12 bits per heavy atom. The summed E-state index contributed by atoms with van der Waals surface area (Å²) in [6, 6.07) is 0. The van der Waals surface area contributed by atoms with Crippen LogP contribution in [0.15, 0.2) is 11.6 Å². The van der Waals surface area contributed by atoms with E-state index in [4.69, 9.17) is 0 Å². The van der Waals surface area contributed by atoms with Crippen LogP contribution in [0.25, 0.3) is 0 Å². The van der Waals surface area contributed by atoms with Gasteiger partial charge < -0.3 is 9.64 Å². The van der Waals surface area contributed by atoms with Crippen LogP contribution in [-0.2, 0) is 14.3 Å². The minimum Gasteiger partial charge on any atom is -0.466 e. The lowest BCUT2D eigenvalue weighted by Gasteiger charge is -2.33. The molecule has 4 heteroatoms. The smallest absolute Gasteiger partial charge is 0.336 e. The first-order valence-corrected chi connectivity index (χ1v) is 5.57. The van der Waals surface area contributed by atoms with Crippen molar-refractivity contribution in [3.05, 3.63) is 11.6 Å². The highest BCUT2D eigenvalue weighted by Crippen LogP contribution is 2.31. The van der Waals surface area contributed by atoms with Crippen molar-refractivity contribution in [2.45, 2.75) is 39.2 Å². The lowest BCUT2D eigenvalue weighted by atomic mass is 9.95. The Labute approximate surface area is 96.3 Å². The van der Waals surface area contributed by atoms with Crippen molar-refractivity contribution in [1.82, 2.24) is 4.90 Å². The van der Waals surface area contributed by atoms with E-state index in [-0.39, 0.29) is 5.91 Å². The van der Waals surface area contributed by atoms with Gasteiger partial charge in [-0.3, -0.25) is 4.79 Å². The second-order valence-electron chi connectivity index (χ2n) is 4.45. The average Bonchev–Trinajstić information content (AvgIpc) is 2.46. The lowest BCUT2D eigenvalue weighted by Crippen LogP contribution is -2.45. The van der Waals surface area contributed by atoms with Gasteiger partial charge in [0.1, 0.15) is 0 Å². The summed E-state index contributed by atoms with van der Waals surface area (Å²) in [5.41, 5.74) is -0.115. The van der Waals surface area contributed by atoms with Gasteiger partial charge in [0.2, 0.25) is 5.91 Å². The van der Waals surface area contributed by atoms with E-state index in [0.29, 0.717) is 12.1 Å². The summed E-state index contributed by atoms with van der Waals surface area (Å²) >= 11 is 0. The third-order valence-corrected chi connectivity index (χ3v) is 3.01. The van der Waals surface area contributed by atoms with E-state index in [1.807, 2.05) is 13.8 Å². The number of amides is 1. The third-order valence-electron chi connectivity index (χ3n) is 3.01. The van der Waals surface area contributed by atoms with Crippen molar-refractivity contribution in [2.24, 2.45) is 0 Å². The van der Waals surface area contributed by atoms with Gasteiger partial charge in [-0.2, -0.15) is 0 Å². The molecule has 0 aromatic heterocycles.